The maximum Gasteiger partial charge on any atom is 0.414 e. The van der Waals surface area contributed by atoms with Crippen molar-refractivity contribution in [2.75, 3.05) is 53.8 Å². The van der Waals surface area contributed by atoms with Crippen LogP contribution < -0.4 is 9.80 Å². The van der Waals surface area contributed by atoms with Crippen LogP contribution in [0.15, 0.2) is 12.1 Å². The maximum atomic E-state index is 14.9. The molecule has 0 bridgehead atoms. The Bertz CT molecular complexity index is 1080. The fourth-order valence-electron chi connectivity index (χ4n) is 4.50. The fraction of sp³-hybridized carbons (Fsp3) is 0.632. The van der Waals surface area contributed by atoms with E-state index in [1.807, 2.05) is 0 Å². The van der Waals surface area contributed by atoms with Crippen LogP contribution in [0, 0.1) is 23.5 Å². The highest BCUT2D eigenvalue weighted by Gasteiger charge is 2.40. The Balaban J connectivity index is 1.41. The second kappa shape index (κ2) is 8.41. The first kappa shape index (κ1) is 23.2. The van der Waals surface area contributed by atoms with Crippen LogP contribution in [0.1, 0.15) is 12.8 Å². The Morgan fingerprint density at radius 2 is 1.72 bits per heavy atom. The van der Waals surface area contributed by atoms with Gasteiger partial charge < -0.3 is 9.64 Å². The molecule has 3 heterocycles. The monoisotopic (exact) mass is 494 g/mol. The predicted octanol–water partition coefficient (Wildman–Crippen LogP) is 1.53. The molecule has 9 nitrogen and oxygen atoms in total. The number of anilines is 2. The van der Waals surface area contributed by atoms with Crippen molar-refractivity contribution in [2.45, 2.75) is 18.9 Å². The quantitative estimate of drug-likeness (QED) is 0.548. The largest absolute Gasteiger partial charge is 0.441 e. The lowest BCUT2D eigenvalue weighted by Gasteiger charge is -2.40. The summed E-state index contributed by atoms with van der Waals surface area (Å²) in [6.07, 6.45) is 0.428. The van der Waals surface area contributed by atoms with Gasteiger partial charge in [0.05, 0.1) is 30.0 Å². The number of carbonyl (C=O) groups excluding carboxylic acids is 1. The molecular weight excluding hydrogens is 470 g/mol. The van der Waals surface area contributed by atoms with Crippen LogP contribution in [0.2, 0.25) is 0 Å². The Morgan fingerprint density at radius 3 is 2.25 bits per heavy atom. The van der Waals surface area contributed by atoms with Crippen LogP contribution in [0.4, 0.5) is 25.0 Å². The van der Waals surface area contributed by atoms with E-state index in [-0.39, 0.29) is 47.9 Å². The summed E-state index contributed by atoms with van der Waals surface area (Å²) in [5, 5.41) is 0. The third kappa shape index (κ3) is 4.99. The third-order valence-electron chi connectivity index (χ3n) is 6.11. The van der Waals surface area contributed by atoms with Crippen LogP contribution in [-0.2, 0) is 28.9 Å². The Hall–Kier alpha value is -1.99. The van der Waals surface area contributed by atoms with E-state index in [1.54, 1.807) is 4.90 Å². The summed E-state index contributed by atoms with van der Waals surface area (Å²) in [7, 11) is -6.63. The number of amides is 1. The summed E-state index contributed by atoms with van der Waals surface area (Å²) in [5.74, 6) is -0.915. The minimum atomic E-state index is -3.72. The topological polar surface area (TPSA) is 110 Å². The van der Waals surface area contributed by atoms with Crippen LogP contribution >= 0.6 is 0 Å². The Morgan fingerprint density at radius 1 is 1.12 bits per heavy atom. The molecule has 1 amide bonds. The van der Waals surface area contributed by atoms with Gasteiger partial charge in [0.15, 0.2) is 21.5 Å². The van der Waals surface area contributed by atoms with E-state index in [2.05, 4.69) is 4.18 Å². The first-order valence-electron chi connectivity index (χ1n) is 10.2. The van der Waals surface area contributed by atoms with Crippen LogP contribution in [0.3, 0.4) is 0 Å². The summed E-state index contributed by atoms with van der Waals surface area (Å²) in [6.45, 7) is 0.319. The van der Waals surface area contributed by atoms with Gasteiger partial charge in [0.25, 0.3) is 10.1 Å². The normalized spacial score (nSPS) is 24.5. The summed E-state index contributed by atoms with van der Waals surface area (Å²) in [4.78, 5) is 14.7. The molecule has 1 aromatic carbocycles. The van der Waals surface area contributed by atoms with Crippen LogP contribution in [0.5, 0.6) is 0 Å². The molecule has 1 aromatic rings. The maximum absolute atomic E-state index is 14.9. The number of piperidine rings is 1. The summed E-state index contributed by atoms with van der Waals surface area (Å²) in [5.41, 5.74) is -0.219. The van der Waals surface area contributed by atoms with Gasteiger partial charge in [-0.1, -0.05) is 0 Å². The summed E-state index contributed by atoms with van der Waals surface area (Å²) in [6, 6.07) is 2.09. The van der Waals surface area contributed by atoms with E-state index in [9.17, 15) is 30.4 Å². The molecule has 4 rings (SSSR count). The number of cyclic esters (lactones) is 1. The molecule has 3 aliphatic rings. The van der Waals surface area contributed by atoms with Crippen molar-refractivity contribution in [3.8, 4) is 0 Å². The van der Waals surface area contributed by atoms with Crippen LogP contribution in [-0.4, -0.2) is 73.0 Å². The van der Waals surface area contributed by atoms with Crippen molar-refractivity contribution in [3.05, 3.63) is 23.8 Å². The lowest BCUT2D eigenvalue weighted by Crippen LogP contribution is -2.46. The molecule has 13 heteroatoms. The van der Waals surface area contributed by atoms with E-state index in [1.165, 1.54) is 0 Å². The van der Waals surface area contributed by atoms with Gasteiger partial charge in [-0.2, -0.15) is 8.42 Å². The number of hydrogen-bond acceptors (Lipinski definition) is 8. The van der Waals surface area contributed by atoms with Crippen LogP contribution in [0.25, 0.3) is 0 Å². The van der Waals surface area contributed by atoms with Crippen molar-refractivity contribution in [3.63, 3.8) is 0 Å². The van der Waals surface area contributed by atoms with E-state index < -0.39 is 43.8 Å². The Kier molecular flexibility index (Phi) is 6.09. The van der Waals surface area contributed by atoms with Gasteiger partial charge in [0.1, 0.15) is 18.4 Å². The number of benzene rings is 1. The number of sulfone groups is 1. The molecule has 3 aliphatic heterocycles. The third-order valence-corrected chi connectivity index (χ3v) is 8.55. The lowest BCUT2D eigenvalue weighted by molar-refractivity contribution is 0.107. The van der Waals surface area contributed by atoms with E-state index in [0.29, 0.717) is 25.9 Å². The van der Waals surface area contributed by atoms with E-state index in [4.69, 9.17) is 4.74 Å². The predicted molar refractivity (Wildman–Crippen MR) is 112 cm³/mol. The minimum Gasteiger partial charge on any atom is -0.441 e. The zero-order chi connectivity index (χ0) is 23.3. The molecule has 0 unspecified atom stereocenters. The highest BCUT2D eigenvalue weighted by Crippen LogP contribution is 2.37. The van der Waals surface area contributed by atoms with E-state index in [0.717, 1.165) is 23.3 Å². The van der Waals surface area contributed by atoms with Gasteiger partial charge >= 0.3 is 6.09 Å². The minimum absolute atomic E-state index is 0.0369. The summed E-state index contributed by atoms with van der Waals surface area (Å²) < 4.78 is 84.4. The molecule has 3 fully saturated rings. The Labute approximate surface area is 185 Å². The number of halogens is 2. The number of rotatable bonds is 6. The van der Waals surface area contributed by atoms with Gasteiger partial charge in [-0.05, 0) is 24.7 Å². The highest BCUT2D eigenvalue weighted by molar-refractivity contribution is 7.92. The number of carbonyl (C=O) groups is 1. The number of ether oxygens (including phenoxy) is 1. The fourth-order valence-corrected chi connectivity index (χ4v) is 6.65. The average Bonchev–Trinajstić information content (AvgIpc) is 3.05. The zero-order valence-corrected chi connectivity index (χ0v) is 19.0. The number of nitrogens with zero attached hydrogens (tertiary/aromatic N) is 2. The van der Waals surface area contributed by atoms with Crippen molar-refractivity contribution < 1.29 is 39.3 Å². The van der Waals surface area contributed by atoms with Gasteiger partial charge in [0.2, 0.25) is 0 Å². The van der Waals surface area contributed by atoms with Gasteiger partial charge in [-0.3, -0.25) is 9.08 Å². The van der Waals surface area contributed by atoms with Gasteiger partial charge in [-0.15, -0.1) is 0 Å². The molecule has 0 radical (unpaired) electrons. The molecule has 32 heavy (non-hydrogen) atoms. The SMILES string of the molecule is CS(=O)(=O)OC[C@H]1CN(c2cc(F)c(N3CCC(C4CS(=O)(=O)C4)CC3)c(F)c2)C(=O)O1. The second-order valence-corrected chi connectivity index (χ2v) is 12.3. The molecular formula is C19H24F2N2O7S2. The molecule has 0 aliphatic carbocycles. The first-order valence-corrected chi connectivity index (χ1v) is 13.8. The molecule has 0 N–H and O–H groups in total. The van der Waals surface area contributed by atoms with Gasteiger partial charge in [-0.25, -0.2) is 22.0 Å². The van der Waals surface area contributed by atoms with Crippen molar-refractivity contribution >= 4 is 37.4 Å². The average molecular weight is 495 g/mol. The number of hydrogen-bond donors (Lipinski definition) is 0. The van der Waals surface area contributed by atoms with Crippen molar-refractivity contribution in [1.29, 1.82) is 0 Å². The van der Waals surface area contributed by atoms with E-state index >= 15 is 0 Å². The second-order valence-electron chi connectivity index (χ2n) is 8.52. The lowest BCUT2D eigenvalue weighted by atomic mass is 9.86. The standard InChI is InChI=1S/C19H24F2N2O7S2/c1-31(25,26)29-9-15-8-23(19(24)30-15)14-6-16(20)18(17(21)7-14)22-4-2-12(3-5-22)13-10-32(27,28)11-13/h6-7,12-13,15H,2-5,8-11H2,1H3/t15-/m1/s1. The molecule has 1 atom stereocenters. The molecule has 0 aromatic heterocycles. The van der Waals surface area contributed by atoms with Crippen molar-refractivity contribution in [1.82, 2.24) is 0 Å². The highest BCUT2D eigenvalue weighted by atomic mass is 32.2. The molecule has 0 saturated carbocycles. The molecule has 178 valence electrons. The smallest absolute Gasteiger partial charge is 0.414 e. The van der Waals surface area contributed by atoms with Gasteiger partial charge in [0, 0.05) is 25.2 Å². The zero-order valence-electron chi connectivity index (χ0n) is 17.4. The summed E-state index contributed by atoms with van der Waals surface area (Å²) >= 11 is 0. The molecule has 0 spiro atoms. The molecule has 3 saturated heterocycles. The van der Waals surface area contributed by atoms with Crippen molar-refractivity contribution in [2.24, 2.45) is 11.8 Å². The first-order chi connectivity index (χ1) is 14.9.